The molecule has 0 aliphatic carbocycles. The number of nitrogens with zero attached hydrogens (tertiary/aromatic N) is 2. The molecule has 0 aromatic carbocycles. The first-order chi connectivity index (χ1) is 10.8. The number of rotatable bonds is 3. The van der Waals surface area contributed by atoms with E-state index < -0.39 is 5.97 Å². The fourth-order valence-electron chi connectivity index (χ4n) is 2.39. The van der Waals surface area contributed by atoms with Crippen LogP contribution in [0, 0.1) is 0 Å². The van der Waals surface area contributed by atoms with Gasteiger partial charge in [0, 0.05) is 11.3 Å². The highest BCUT2D eigenvalue weighted by molar-refractivity contribution is 7.18. The first-order valence-corrected chi connectivity index (χ1v) is 7.80. The topological polar surface area (TPSA) is 117 Å². The number of aromatic nitrogens is 2. The van der Waals surface area contributed by atoms with Crippen molar-refractivity contribution in [2.24, 2.45) is 5.10 Å². The highest BCUT2D eigenvalue weighted by atomic mass is 32.1. The van der Waals surface area contributed by atoms with Crippen LogP contribution in [0.15, 0.2) is 9.90 Å². The summed E-state index contributed by atoms with van der Waals surface area (Å²) in [5.74, 6) is -1.03. The largest absolute Gasteiger partial charge is 0.477 e. The van der Waals surface area contributed by atoms with E-state index in [1.165, 1.54) is 18.3 Å². The van der Waals surface area contributed by atoms with Crippen molar-refractivity contribution >= 4 is 39.2 Å². The molecule has 122 valence electrons. The van der Waals surface area contributed by atoms with E-state index in [1.54, 1.807) is 0 Å². The molecule has 0 amide bonds. The minimum Gasteiger partial charge on any atom is -0.477 e. The predicted octanol–water partition coefficient (Wildman–Crippen LogP) is 1.71. The summed E-state index contributed by atoms with van der Waals surface area (Å²) in [5.41, 5.74) is 2.74. The van der Waals surface area contributed by atoms with Gasteiger partial charge in [-0.1, -0.05) is 0 Å². The predicted molar refractivity (Wildman–Crippen MR) is 87.2 cm³/mol. The minimum absolute atomic E-state index is 0.113. The number of thiophene rings is 1. The maximum Gasteiger partial charge on any atom is 0.351 e. The molecule has 9 heteroatoms. The zero-order valence-corrected chi connectivity index (χ0v) is 13.7. The van der Waals surface area contributed by atoms with Crippen LogP contribution in [-0.2, 0) is 22.6 Å². The molecule has 2 aromatic heterocycles. The smallest absolute Gasteiger partial charge is 0.351 e. The molecule has 0 fully saturated rings. The second-order valence-electron chi connectivity index (χ2n) is 5.94. The molecule has 0 spiro atoms. The van der Waals surface area contributed by atoms with E-state index in [0.29, 0.717) is 23.2 Å². The summed E-state index contributed by atoms with van der Waals surface area (Å²) in [7, 11) is 0. The van der Waals surface area contributed by atoms with Crippen LogP contribution in [0.3, 0.4) is 0 Å². The van der Waals surface area contributed by atoms with Gasteiger partial charge in [-0.25, -0.2) is 15.2 Å². The number of anilines is 1. The first kappa shape index (κ1) is 15.6. The number of aromatic amines is 1. The Morgan fingerprint density at radius 1 is 1.52 bits per heavy atom. The standard InChI is InChI=1S/C14H16N4O4S/c1-6(12(20)21)17-18-13-15-10(19)9-7-4-14(2,3)22-5-8(7)23-11(9)16-13/h4-5H2,1-3H3,(H,20,21)(H2,15,16,18,19). The van der Waals surface area contributed by atoms with Gasteiger partial charge in [0.25, 0.3) is 5.56 Å². The van der Waals surface area contributed by atoms with Crippen LogP contribution in [0.4, 0.5) is 5.95 Å². The first-order valence-electron chi connectivity index (χ1n) is 6.99. The molecule has 0 saturated heterocycles. The van der Waals surface area contributed by atoms with E-state index in [-0.39, 0.29) is 22.8 Å². The third-order valence-electron chi connectivity index (χ3n) is 3.58. The van der Waals surface area contributed by atoms with E-state index in [2.05, 4.69) is 20.5 Å². The Morgan fingerprint density at radius 3 is 2.96 bits per heavy atom. The Labute approximate surface area is 135 Å². The van der Waals surface area contributed by atoms with Crippen molar-refractivity contribution < 1.29 is 14.6 Å². The maximum absolute atomic E-state index is 12.4. The van der Waals surface area contributed by atoms with Gasteiger partial charge in [0.15, 0.2) is 0 Å². The monoisotopic (exact) mass is 336 g/mol. The third-order valence-corrected chi connectivity index (χ3v) is 4.68. The SMILES string of the molecule is CC(=NNc1nc2sc3c(c2c(=O)[nH]1)CC(C)(C)OC3)C(=O)O. The summed E-state index contributed by atoms with van der Waals surface area (Å²) < 4.78 is 5.76. The van der Waals surface area contributed by atoms with Crippen LogP contribution < -0.4 is 11.0 Å². The van der Waals surface area contributed by atoms with Gasteiger partial charge < -0.3 is 9.84 Å². The highest BCUT2D eigenvalue weighted by Gasteiger charge is 2.30. The number of hydrazone groups is 1. The van der Waals surface area contributed by atoms with Gasteiger partial charge in [0.2, 0.25) is 5.95 Å². The van der Waals surface area contributed by atoms with Crippen LogP contribution in [0.5, 0.6) is 0 Å². The van der Waals surface area contributed by atoms with Gasteiger partial charge in [-0.15, -0.1) is 11.3 Å². The van der Waals surface area contributed by atoms with Crippen LogP contribution in [-0.4, -0.2) is 32.4 Å². The summed E-state index contributed by atoms with van der Waals surface area (Å²) in [6, 6.07) is 0. The quantitative estimate of drug-likeness (QED) is 0.580. The molecule has 0 radical (unpaired) electrons. The highest BCUT2D eigenvalue weighted by Crippen LogP contribution is 2.36. The molecule has 1 aliphatic heterocycles. The molecular weight excluding hydrogens is 320 g/mol. The van der Waals surface area contributed by atoms with Gasteiger partial charge in [-0.05, 0) is 26.3 Å². The zero-order chi connectivity index (χ0) is 16.8. The summed E-state index contributed by atoms with van der Waals surface area (Å²) in [6.07, 6.45) is 0.649. The summed E-state index contributed by atoms with van der Waals surface area (Å²) in [4.78, 5) is 31.6. The Kier molecular flexibility index (Phi) is 3.69. The Balaban J connectivity index is 2.03. The lowest BCUT2D eigenvalue weighted by molar-refractivity contribution is -0.129. The number of carbonyl (C=O) groups is 1. The number of hydrogen-bond acceptors (Lipinski definition) is 7. The van der Waals surface area contributed by atoms with Gasteiger partial charge in [0.1, 0.15) is 10.5 Å². The third kappa shape index (κ3) is 2.97. The molecule has 0 bridgehead atoms. The number of hydrogen-bond donors (Lipinski definition) is 3. The molecule has 0 atom stereocenters. The van der Waals surface area contributed by atoms with Gasteiger partial charge >= 0.3 is 5.97 Å². The van der Waals surface area contributed by atoms with Crippen molar-refractivity contribution in [2.45, 2.75) is 39.4 Å². The Morgan fingerprint density at radius 2 is 2.26 bits per heavy atom. The Bertz CT molecular complexity index is 881. The number of nitrogens with one attached hydrogen (secondary N) is 2. The molecular formula is C14H16N4O4S. The lowest BCUT2D eigenvalue weighted by Gasteiger charge is -2.29. The number of carboxylic acid groups (broad SMARTS) is 1. The zero-order valence-electron chi connectivity index (χ0n) is 12.9. The van der Waals surface area contributed by atoms with Crippen molar-refractivity contribution in [1.82, 2.24) is 9.97 Å². The average molecular weight is 336 g/mol. The number of aliphatic carboxylic acids is 1. The van der Waals surface area contributed by atoms with Crippen molar-refractivity contribution in [3.63, 3.8) is 0 Å². The van der Waals surface area contributed by atoms with E-state index >= 15 is 0 Å². The van der Waals surface area contributed by atoms with Gasteiger partial charge in [-0.3, -0.25) is 9.78 Å². The summed E-state index contributed by atoms with van der Waals surface area (Å²) in [6.45, 7) is 5.78. The molecule has 3 rings (SSSR count). The van der Waals surface area contributed by atoms with Crippen molar-refractivity contribution in [1.29, 1.82) is 0 Å². The number of H-pyrrole nitrogens is 1. The fourth-order valence-corrected chi connectivity index (χ4v) is 3.49. The van der Waals surface area contributed by atoms with E-state index in [0.717, 1.165) is 10.4 Å². The lowest BCUT2D eigenvalue weighted by Crippen LogP contribution is -2.31. The number of fused-ring (bicyclic) bond motifs is 3. The van der Waals surface area contributed by atoms with Crippen LogP contribution in [0.25, 0.3) is 10.2 Å². The van der Waals surface area contributed by atoms with E-state index in [1.807, 2.05) is 13.8 Å². The fraction of sp³-hybridized carbons (Fsp3) is 0.429. The average Bonchev–Trinajstić information content (AvgIpc) is 2.81. The molecule has 3 N–H and O–H groups in total. The molecule has 23 heavy (non-hydrogen) atoms. The molecule has 1 aliphatic rings. The van der Waals surface area contributed by atoms with Gasteiger partial charge in [0.05, 0.1) is 17.6 Å². The van der Waals surface area contributed by atoms with E-state index in [9.17, 15) is 9.59 Å². The van der Waals surface area contributed by atoms with Gasteiger partial charge in [-0.2, -0.15) is 5.10 Å². The minimum atomic E-state index is -1.15. The molecule has 8 nitrogen and oxygen atoms in total. The number of ether oxygens (including phenoxy) is 1. The Hall–Kier alpha value is -2.26. The lowest BCUT2D eigenvalue weighted by atomic mass is 9.94. The molecule has 0 saturated carbocycles. The van der Waals surface area contributed by atoms with Crippen LogP contribution in [0.2, 0.25) is 0 Å². The summed E-state index contributed by atoms with van der Waals surface area (Å²) >= 11 is 1.41. The van der Waals surface area contributed by atoms with Crippen LogP contribution in [0.1, 0.15) is 31.2 Å². The molecule has 3 heterocycles. The molecule has 0 unspecified atom stereocenters. The second kappa shape index (κ2) is 5.43. The van der Waals surface area contributed by atoms with Crippen LogP contribution >= 0.6 is 11.3 Å². The van der Waals surface area contributed by atoms with Crippen molar-refractivity contribution in [3.05, 3.63) is 20.8 Å². The molecule has 2 aromatic rings. The van der Waals surface area contributed by atoms with Crippen molar-refractivity contribution in [2.75, 3.05) is 5.43 Å². The normalized spacial score (nSPS) is 17.1. The number of carboxylic acids is 1. The van der Waals surface area contributed by atoms with Crippen molar-refractivity contribution in [3.8, 4) is 0 Å². The maximum atomic E-state index is 12.4. The summed E-state index contributed by atoms with van der Waals surface area (Å²) in [5, 5.41) is 13.0. The second-order valence-corrected chi connectivity index (χ2v) is 7.02. The van der Waals surface area contributed by atoms with E-state index in [4.69, 9.17) is 9.84 Å².